The highest BCUT2D eigenvalue weighted by atomic mass is 35.5. The number of halogens is 4. The first kappa shape index (κ1) is 23.2. The number of benzene rings is 1. The number of carbonyl (C=O) groups excluding carboxylic acids is 3. The van der Waals surface area contributed by atoms with E-state index in [9.17, 15) is 23.2 Å². The third kappa shape index (κ3) is 5.24. The summed E-state index contributed by atoms with van der Waals surface area (Å²) in [5.41, 5.74) is 3.92. The lowest BCUT2D eigenvalue weighted by Gasteiger charge is -2.24. The van der Waals surface area contributed by atoms with Gasteiger partial charge in [0, 0.05) is 36.3 Å². The molecule has 31 heavy (non-hydrogen) atoms. The number of nitrogens with two attached hydrogens (primary N) is 1. The van der Waals surface area contributed by atoms with Crippen molar-refractivity contribution in [1.82, 2.24) is 10.2 Å². The van der Waals surface area contributed by atoms with Gasteiger partial charge in [0.05, 0.1) is 6.54 Å². The van der Waals surface area contributed by atoms with Gasteiger partial charge in [-0.15, -0.1) is 23.2 Å². The van der Waals surface area contributed by atoms with E-state index in [-0.39, 0.29) is 29.6 Å². The van der Waals surface area contributed by atoms with Crippen LogP contribution in [0.2, 0.25) is 0 Å². The largest absolute Gasteiger partial charge is 0.376 e. The molecular weight excluding hydrogens is 455 g/mol. The maximum absolute atomic E-state index is 13.7. The number of amides is 3. The Kier molecular flexibility index (Phi) is 6.70. The Morgan fingerprint density at radius 3 is 2.52 bits per heavy atom. The van der Waals surface area contributed by atoms with Crippen molar-refractivity contribution < 1.29 is 23.2 Å². The average molecular weight is 476 g/mol. The van der Waals surface area contributed by atoms with Crippen molar-refractivity contribution in [1.29, 1.82) is 5.41 Å². The minimum Gasteiger partial charge on any atom is -0.376 e. The van der Waals surface area contributed by atoms with Gasteiger partial charge in [-0.2, -0.15) is 0 Å². The van der Waals surface area contributed by atoms with Crippen molar-refractivity contribution >= 4 is 52.3 Å². The van der Waals surface area contributed by atoms with Crippen LogP contribution in [0.25, 0.3) is 0 Å². The Morgan fingerprint density at radius 2 is 1.90 bits per heavy atom. The van der Waals surface area contributed by atoms with Gasteiger partial charge in [0.15, 0.2) is 11.6 Å². The molecule has 1 heterocycles. The van der Waals surface area contributed by atoms with Crippen LogP contribution in [0.1, 0.15) is 24.8 Å². The normalized spacial score (nSPS) is 21.5. The first-order valence-electron chi connectivity index (χ1n) is 9.58. The summed E-state index contributed by atoms with van der Waals surface area (Å²) in [5.74, 6) is -4.41. The first-order valence-corrected chi connectivity index (χ1v) is 10.3. The van der Waals surface area contributed by atoms with Gasteiger partial charge < -0.3 is 21.3 Å². The van der Waals surface area contributed by atoms with E-state index in [1.165, 1.54) is 4.90 Å². The predicted molar refractivity (Wildman–Crippen MR) is 111 cm³/mol. The van der Waals surface area contributed by atoms with Crippen LogP contribution < -0.4 is 16.4 Å². The van der Waals surface area contributed by atoms with Crippen LogP contribution in [0, 0.1) is 23.0 Å². The molecule has 0 bridgehead atoms. The summed E-state index contributed by atoms with van der Waals surface area (Å²) >= 11 is 11.9. The first-order chi connectivity index (χ1) is 14.5. The highest BCUT2D eigenvalue weighted by Gasteiger charge is 2.51. The van der Waals surface area contributed by atoms with Crippen molar-refractivity contribution in [2.45, 2.75) is 29.6 Å². The smallest absolute Gasteiger partial charge is 0.267 e. The van der Waals surface area contributed by atoms with Crippen LogP contribution in [0.15, 0.2) is 12.1 Å². The lowest BCUT2D eigenvalue weighted by atomic mass is 10.1. The standard InChI is InChI=1S/C19H21Cl2F2N5O3/c20-19(21)6-9(19)7-27-18(31)14-2-1-3-28(14)15(29)8-26-13-5-12(23)11(22)4-10(13)16(24)17(25)30/h4-5,9,14,24,26H,1-3,6-8H2,(H2,25,30)(H,27,31). The van der Waals surface area contributed by atoms with E-state index < -0.39 is 39.5 Å². The molecule has 2 aliphatic rings. The zero-order valence-corrected chi connectivity index (χ0v) is 17.8. The molecule has 1 aromatic rings. The van der Waals surface area contributed by atoms with Crippen molar-refractivity contribution in [2.75, 3.05) is 25.0 Å². The van der Waals surface area contributed by atoms with Gasteiger partial charge in [0.2, 0.25) is 11.8 Å². The number of hydrogen-bond acceptors (Lipinski definition) is 5. The van der Waals surface area contributed by atoms with Crippen LogP contribution in [-0.2, 0) is 14.4 Å². The number of anilines is 1. The molecule has 5 N–H and O–H groups in total. The Morgan fingerprint density at radius 1 is 1.26 bits per heavy atom. The summed E-state index contributed by atoms with van der Waals surface area (Å²) < 4.78 is 26.4. The highest BCUT2D eigenvalue weighted by molar-refractivity contribution is 6.50. The molecule has 3 rings (SSSR count). The van der Waals surface area contributed by atoms with E-state index >= 15 is 0 Å². The van der Waals surface area contributed by atoms with Crippen LogP contribution in [0.5, 0.6) is 0 Å². The number of likely N-dealkylation sites (tertiary alicyclic amines) is 1. The van der Waals surface area contributed by atoms with E-state index in [0.717, 1.165) is 6.07 Å². The van der Waals surface area contributed by atoms with E-state index in [4.69, 9.17) is 34.3 Å². The fraction of sp³-hybridized carbons (Fsp3) is 0.474. The van der Waals surface area contributed by atoms with E-state index in [1.54, 1.807) is 0 Å². The molecule has 168 valence electrons. The van der Waals surface area contributed by atoms with Gasteiger partial charge >= 0.3 is 0 Å². The number of hydrogen-bond donors (Lipinski definition) is 4. The van der Waals surface area contributed by atoms with Crippen molar-refractivity contribution in [3.05, 3.63) is 29.3 Å². The molecule has 2 fully saturated rings. The van der Waals surface area contributed by atoms with Crippen LogP contribution in [0.4, 0.5) is 14.5 Å². The average Bonchev–Trinajstić information content (AvgIpc) is 3.09. The number of rotatable bonds is 8. The van der Waals surface area contributed by atoms with Crippen LogP contribution in [-0.4, -0.2) is 58.3 Å². The minimum atomic E-state index is -1.26. The van der Waals surface area contributed by atoms with Crippen LogP contribution >= 0.6 is 23.2 Å². The summed E-state index contributed by atoms with van der Waals surface area (Å²) in [6, 6.07) is 0.734. The molecule has 8 nitrogen and oxygen atoms in total. The van der Waals surface area contributed by atoms with E-state index in [2.05, 4.69) is 10.6 Å². The van der Waals surface area contributed by atoms with E-state index in [0.29, 0.717) is 38.4 Å². The molecule has 2 unspecified atom stereocenters. The number of carbonyl (C=O) groups is 3. The Bertz CT molecular complexity index is 943. The summed E-state index contributed by atoms with van der Waals surface area (Å²) in [6.45, 7) is 0.317. The minimum absolute atomic E-state index is 0.0284. The monoisotopic (exact) mass is 475 g/mol. The number of nitrogens with one attached hydrogen (secondary N) is 3. The molecule has 3 amide bonds. The van der Waals surface area contributed by atoms with Gasteiger partial charge in [-0.3, -0.25) is 19.8 Å². The second-order valence-electron chi connectivity index (χ2n) is 7.56. The number of primary amides is 1. The summed E-state index contributed by atoms with van der Waals surface area (Å²) in [7, 11) is 0. The Labute approximate surface area is 186 Å². The maximum Gasteiger partial charge on any atom is 0.267 e. The van der Waals surface area contributed by atoms with Crippen LogP contribution in [0.3, 0.4) is 0 Å². The summed E-state index contributed by atoms with van der Waals surface area (Å²) in [4.78, 5) is 37.9. The molecule has 12 heteroatoms. The van der Waals surface area contributed by atoms with Gasteiger partial charge in [-0.05, 0) is 25.3 Å². The quantitative estimate of drug-likeness (QED) is 0.335. The third-order valence-electron chi connectivity index (χ3n) is 5.36. The topological polar surface area (TPSA) is 128 Å². The molecule has 1 aliphatic heterocycles. The second kappa shape index (κ2) is 8.96. The van der Waals surface area contributed by atoms with Gasteiger partial charge in [0.1, 0.15) is 16.1 Å². The summed E-state index contributed by atoms with van der Waals surface area (Å²) in [6.07, 6.45) is 1.70. The molecular formula is C19H21Cl2F2N5O3. The fourth-order valence-corrected chi connectivity index (χ4v) is 4.00. The number of alkyl halides is 2. The molecule has 2 atom stereocenters. The Balaban J connectivity index is 1.63. The van der Waals surface area contributed by atoms with Crippen molar-refractivity contribution in [2.24, 2.45) is 11.7 Å². The second-order valence-corrected chi connectivity index (χ2v) is 9.10. The van der Waals surface area contributed by atoms with Gasteiger partial charge in [-0.1, -0.05) is 0 Å². The van der Waals surface area contributed by atoms with Crippen molar-refractivity contribution in [3.63, 3.8) is 0 Å². The number of nitrogens with zero attached hydrogens (tertiary/aromatic N) is 1. The SMILES string of the molecule is N=C(C(N)=O)c1cc(F)c(F)cc1NCC(=O)N1CCCC1C(=O)NCC1CC1(Cl)Cl. The molecule has 1 aliphatic carbocycles. The zero-order valence-electron chi connectivity index (χ0n) is 16.3. The maximum atomic E-state index is 13.7. The molecule has 1 saturated carbocycles. The van der Waals surface area contributed by atoms with E-state index in [1.807, 2.05) is 0 Å². The Hall–Kier alpha value is -2.46. The molecule has 1 saturated heterocycles. The van der Waals surface area contributed by atoms with Gasteiger partial charge in [-0.25, -0.2) is 8.78 Å². The highest BCUT2D eigenvalue weighted by Crippen LogP contribution is 2.52. The van der Waals surface area contributed by atoms with Crippen molar-refractivity contribution in [3.8, 4) is 0 Å². The predicted octanol–water partition coefficient (Wildman–Crippen LogP) is 1.53. The molecule has 0 radical (unpaired) electrons. The molecule has 0 aromatic heterocycles. The summed E-state index contributed by atoms with van der Waals surface area (Å²) in [5, 5.41) is 13.0. The van der Waals surface area contributed by atoms with Gasteiger partial charge in [0.25, 0.3) is 5.91 Å². The fourth-order valence-electron chi connectivity index (χ4n) is 3.48. The molecule has 1 aromatic carbocycles. The zero-order chi connectivity index (χ0) is 22.9. The lowest BCUT2D eigenvalue weighted by molar-refractivity contribution is -0.137. The molecule has 0 spiro atoms. The lowest BCUT2D eigenvalue weighted by Crippen LogP contribution is -2.48. The third-order valence-corrected chi connectivity index (χ3v) is 6.29.